The molecule has 1 atom stereocenters. The van der Waals surface area contributed by atoms with Crippen molar-refractivity contribution in [1.29, 1.82) is 0 Å². The predicted molar refractivity (Wildman–Crippen MR) is 85.4 cm³/mol. The molecule has 1 aromatic carbocycles. The average Bonchev–Trinajstić information content (AvgIpc) is 2.46. The Kier molecular flexibility index (Phi) is 4.43. The van der Waals surface area contributed by atoms with E-state index in [2.05, 4.69) is 10.3 Å². The first kappa shape index (κ1) is 15.3. The van der Waals surface area contributed by atoms with Crippen LogP contribution >= 0.6 is 0 Å². The Hall–Kier alpha value is -2.14. The van der Waals surface area contributed by atoms with Gasteiger partial charge in [0.2, 0.25) is 0 Å². The van der Waals surface area contributed by atoms with Gasteiger partial charge in [-0.2, -0.15) is 0 Å². The van der Waals surface area contributed by atoms with Crippen molar-refractivity contribution in [2.45, 2.75) is 32.4 Å². The molecule has 0 saturated carbocycles. The van der Waals surface area contributed by atoms with Crippen LogP contribution in [0.3, 0.4) is 0 Å². The van der Waals surface area contributed by atoms with Crippen LogP contribution in [0.5, 0.6) is 0 Å². The summed E-state index contributed by atoms with van der Waals surface area (Å²) < 4.78 is 1.67. The van der Waals surface area contributed by atoms with E-state index in [1.54, 1.807) is 17.0 Å². The summed E-state index contributed by atoms with van der Waals surface area (Å²) in [7, 11) is 0. The summed E-state index contributed by atoms with van der Waals surface area (Å²) >= 11 is 0. The van der Waals surface area contributed by atoms with Crippen molar-refractivity contribution in [3.63, 3.8) is 0 Å². The minimum atomic E-state index is -0.290. The maximum atomic E-state index is 12.5. The largest absolute Gasteiger partial charge is 0.357 e. The summed E-state index contributed by atoms with van der Waals surface area (Å²) in [4.78, 5) is 16.7. The molecule has 2 aromatic rings. The summed E-state index contributed by atoms with van der Waals surface area (Å²) in [6.45, 7) is 6.33. The molecule has 5 nitrogen and oxygen atoms in total. The molecule has 1 heterocycles. The van der Waals surface area contributed by atoms with Crippen LogP contribution in [0, 0.1) is 0 Å². The van der Waals surface area contributed by atoms with Crippen molar-refractivity contribution in [3.05, 3.63) is 58.6 Å². The minimum Gasteiger partial charge on any atom is -0.357 e. The Morgan fingerprint density at radius 3 is 2.52 bits per heavy atom. The lowest BCUT2D eigenvalue weighted by molar-refractivity contribution is 0.383. The van der Waals surface area contributed by atoms with Crippen LogP contribution in [0.15, 0.2) is 47.5 Å². The summed E-state index contributed by atoms with van der Waals surface area (Å²) in [6, 6.07) is 9.68. The topological polar surface area (TPSA) is 72.9 Å². The van der Waals surface area contributed by atoms with E-state index in [0.717, 1.165) is 5.56 Å². The summed E-state index contributed by atoms with van der Waals surface area (Å²) in [6.07, 6.45) is 3.33. The number of hydrogen-bond donors (Lipinski definition) is 2. The van der Waals surface area contributed by atoms with Crippen LogP contribution in [-0.4, -0.2) is 16.1 Å². The molecule has 112 valence electrons. The van der Waals surface area contributed by atoms with Gasteiger partial charge in [-0.05, 0) is 26.3 Å². The lowest BCUT2D eigenvalue weighted by Crippen LogP contribution is -2.36. The highest BCUT2D eigenvalue weighted by molar-refractivity contribution is 5.36. The third-order valence-electron chi connectivity index (χ3n) is 3.31. The molecular weight excluding hydrogens is 264 g/mol. The van der Waals surface area contributed by atoms with Gasteiger partial charge in [0, 0.05) is 24.5 Å². The molecular formula is C16H22N4O. The second-order valence-corrected chi connectivity index (χ2v) is 5.97. The van der Waals surface area contributed by atoms with Gasteiger partial charge in [-0.3, -0.25) is 4.79 Å². The standard InChI is InChI=1S/C16H22N4O/c1-16(2,3)20-10-9-18-14(15(20)21)19-13(11-17)12-7-5-4-6-8-12/h4-10,13H,11,17H2,1-3H3,(H,18,19). The molecule has 0 bridgehead atoms. The molecule has 0 spiro atoms. The van der Waals surface area contributed by atoms with E-state index in [1.807, 2.05) is 51.1 Å². The molecule has 0 aliphatic carbocycles. The fraction of sp³-hybridized carbons (Fsp3) is 0.375. The first-order chi connectivity index (χ1) is 9.93. The van der Waals surface area contributed by atoms with Gasteiger partial charge in [-0.25, -0.2) is 4.98 Å². The molecule has 1 unspecified atom stereocenters. The lowest BCUT2D eigenvalue weighted by atomic mass is 10.1. The molecule has 21 heavy (non-hydrogen) atoms. The van der Waals surface area contributed by atoms with Crippen LogP contribution in [-0.2, 0) is 5.54 Å². The molecule has 3 N–H and O–H groups in total. The summed E-state index contributed by atoms with van der Waals surface area (Å²) in [5, 5.41) is 3.16. The fourth-order valence-corrected chi connectivity index (χ4v) is 2.17. The number of rotatable bonds is 4. The second kappa shape index (κ2) is 6.10. The van der Waals surface area contributed by atoms with Gasteiger partial charge < -0.3 is 15.6 Å². The normalized spacial score (nSPS) is 13.0. The third-order valence-corrected chi connectivity index (χ3v) is 3.31. The van der Waals surface area contributed by atoms with Crippen molar-refractivity contribution in [2.24, 2.45) is 5.73 Å². The molecule has 0 radical (unpaired) electrons. The lowest BCUT2D eigenvalue weighted by Gasteiger charge is -2.24. The third kappa shape index (κ3) is 3.49. The van der Waals surface area contributed by atoms with Gasteiger partial charge in [0.15, 0.2) is 5.82 Å². The molecule has 0 aliphatic rings. The number of hydrogen-bond acceptors (Lipinski definition) is 4. The van der Waals surface area contributed by atoms with E-state index in [0.29, 0.717) is 12.4 Å². The first-order valence-corrected chi connectivity index (χ1v) is 7.03. The highest BCUT2D eigenvalue weighted by Gasteiger charge is 2.18. The monoisotopic (exact) mass is 286 g/mol. The highest BCUT2D eigenvalue weighted by Crippen LogP contribution is 2.16. The Morgan fingerprint density at radius 1 is 1.29 bits per heavy atom. The van der Waals surface area contributed by atoms with Gasteiger partial charge in [0.25, 0.3) is 5.56 Å². The Labute approximate surface area is 124 Å². The molecule has 0 aliphatic heterocycles. The molecule has 0 amide bonds. The van der Waals surface area contributed by atoms with Crippen LogP contribution in [0.2, 0.25) is 0 Å². The number of benzene rings is 1. The number of nitrogens with one attached hydrogen (secondary N) is 1. The van der Waals surface area contributed by atoms with Gasteiger partial charge >= 0.3 is 0 Å². The van der Waals surface area contributed by atoms with E-state index in [1.165, 1.54) is 0 Å². The van der Waals surface area contributed by atoms with Gasteiger partial charge in [0.1, 0.15) is 0 Å². The quantitative estimate of drug-likeness (QED) is 0.903. The van der Waals surface area contributed by atoms with Gasteiger partial charge in [-0.1, -0.05) is 30.3 Å². The fourth-order valence-electron chi connectivity index (χ4n) is 2.17. The number of anilines is 1. The summed E-state index contributed by atoms with van der Waals surface area (Å²) in [5.74, 6) is 0.326. The van der Waals surface area contributed by atoms with E-state index in [9.17, 15) is 4.79 Å². The Morgan fingerprint density at radius 2 is 1.95 bits per heavy atom. The van der Waals surface area contributed by atoms with Gasteiger partial charge in [0.05, 0.1) is 6.04 Å². The van der Waals surface area contributed by atoms with Gasteiger partial charge in [-0.15, -0.1) is 0 Å². The smallest absolute Gasteiger partial charge is 0.293 e. The zero-order valence-corrected chi connectivity index (χ0v) is 12.7. The molecule has 1 aromatic heterocycles. The van der Waals surface area contributed by atoms with E-state index in [4.69, 9.17) is 5.73 Å². The first-order valence-electron chi connectivity index (χ1n) is 7.03. The van der Waals surface area contributed by atoms with Crippen molar-refractivity contribution in [2.75, 3.05) is 11.9 Å². The predicted octanol–water partition coefficient (Wildman–Crippen LogP) is 2.11. The molecule has 5 heteroatoms. The maximum Gasteiger partial charge on any atom is 0.293 e. The maximum absolute atomic E-state index is 12.5. The summed E-state index contributed by atoms with van der Waals surface area (Å²) in [5.41, 5.74) is 6.43. The zero-order chi connectivity index (χ0) is 15.5. The van der Waals surface area contributed by atoms with E-state index >= 15 is 0 Å². The molecule has 0 saturated heterocycles. The van der Waals surface area contributed by atoms with E-state index in [-0.39, 0.29) is 17.1 Å². The molecule has 0 fully saturated rings. The second-order valence-electron chi connectivity index (χ2n) is 5.97. The zero-order valence-electron chi connectivity index (χ0n) is 12.7. The minimum absolute atomic E-state index is 0.137. The number of aromatic nitrogens is 2. The van der Waals surface area contributed by atoms with Crippen molar-refractivity contribution in [1.82, 2.24) is 9.55 Å². The van der Waals surface area contributed by atoms with Crippen LogP contribution in [0.1, 0.15) is 32.4 Å². The Balaban J connectivity index is 2.33. The molecule has 2 rings (SSSR count). The van der Waals surface area contributed by atoms with Crippen LogP contribution in [0.4, 0.5) is 5.82 Å². The number of nitrogens with zero attached hydrogens (tertiary/aromatic N) is 2. The van der Waals surface area contributed by atoms with Crippen molar-refractivity contribution in [3.8, 4) is 0 Å². The van der Waals surface area contributed by atoms with Crippen LogP contribution < -0.4 is 16.6 Å². The average molecular weight is 286 g/mol. The Bertz CT molecular complexity index is 643. The van der Waals surface area contributed by atoms with Crippen molar-refractivity contribution >= 4 is 5.82 Å². The highest BCUT2D eigenvalue weighted by atomic mass is 16.1. The number of nitrogens with two attached hydrogens (primary N) is 1. The van der Waals surface area contributed by atoms with Crippen molar-refractivity contribution < 1.29 is 0 Å². The van der Waals surface area contributed by atoms with Crippen LogP contribution in [0.25, 0.3) is 0 Å². The van der Waals surface area contributed by atoms with E-state index < -0.39 is 0 Å². The SMILES string of the molecule is CC(C)(C)n1ccnc(NC(CN)c2ccccc2)c1=O.